The number of carbonyl (C=O) groups is 3. The summed E-state index contributed by atoms with van der Waals surface area (Å²) >= 11 is 1.55. The summed E-state index contributed by atoms with van der Waals surface area (Å²) in [7, 11) is 3.50. The first-order chi connectivity index (χ1) is 19.9. The fourth-order valence-corrected chi connectivity index (χ4v) is 4.85. The lowest BCUT2D eigenvalue weighted by Crippen LogP contribution is -2.35. The Labute approximate surface area is 249 Å². The highest BCUT2D eigenvalue weighted by atomic mass is 32.2. The molecule has 5 N–H and O–H groups in total. The molecular weight excluding hydrogens is 558 g/mol. The molecule has 0 unspecified atom stereocenters. The summed E-state index contributed by atoms with van der Waals surface area (Å²) in [5.41, 5.74) is 3.36. The highest BCUT2D eigenvalue weighted by Crippen LogP contribution is 2.37. The number of ether oxygens (including phenoxy) is 1. The number of alkyl carbamates (subject to hydrolysis) is 1. The van der Waals surface area contributed by atoms with Crippen molar-refractivity contribution in [3.05, 3.63) is 51.6 Å². The average Bonchev–Trinajstić information content (AvgIpc) is 3.65. The first-order valence-corrected chi connectivity index (χ1v) is 15.2. The van der Waals surface area contributed by atoms with E-state index in [0.717, 1.165) is 35.5 Å². The van der Waals surface area contributed by atoms with Gasteiger partial charge >= 0.3 is 12.1 Å². The van der Waals surface area contributed by atoms with Crippen molar-refractivity contribution in [1.82, 2.24) is 20.2 Å². The van der Waals surface area contributed by atoms with E-state index in [9.17, 15) is 24.3 Å². The lowest BCUT2D eigenvalue weighted by molar-refractivity contribution is 0.0527. The molecular formula is C30H41N5O6S. The molecule has 0 radical (unpaired) electrons. The van der Waals surface area contributed by atoms with Gasteiger partial charge < -0.3 is 35.3 Å². The molecule has 2 aromatic heterocycles. The third-order valence-corrected chi connectivity index (χ3v) is 7.10. The SMILES string of the molecule is CNCCNC(=O)OC(C)(C)C.CSCc1cc(-c2cn(C)c(=O)c3[nH]c(C=O)cc23)c(NCC2CC2)cc1C(=O)O. The van der Waals surface area contributed by atoms with Crippen molar-refractivity contribution in [3.8, 4) is 11.1 Å². The molecule has 1 fully saturated rings. The molecule has 11 nitrogen and oxygen atoms in total. The van der Waals surface area contributed by atoms with Gasteiger partial charge in [-0.15, -0.1) is 0 Å². The van der Waals surface area contributed by atoms with Gasteiger partial charge in [0.05, 0.1) is 11.3 Å². The molecule has 1 aliphatic carbocycles. The summed E-state index contributed by atoms with van der Waals surface area (Å²) in [4.78, 5) is 49.6. The van der Waals surface area contributed by atoms with Gasteiger partial charge in [0.15, 0.2) is 6.29 Å². The van der Waals surface area contributed by atoms with Gasteiger partial charge in [0.25, 0.3) is 5.56 Å². The molecule has 42 heavy (non-hydrogen) atoms. The number of carboxylic acid groups (broad SMARTS) is 1. The molecule has 12 heteroatoms. The van der Waals surface area contributed by atoms with Crippen molar-refractivity contribution in [2.24, 2.45) is 13.0 Å². The summed E-state index contributed by atoms with van der Waals surface area (Å²) in [6, 6.07) is 5.25. The Balaban J connectivity index is 0.000000343. The van der Waals surface area contributed by atoms with Crippen LogP contribution in [0.25, 0.3) is 22.0 Å². The first-order valence-electron chi connectivity index (χ1n) is 13.8. The lowest BCUT2D eigenvalue weighted by atomic mass is 9.96. The van der Waals surface area contributed by atoms with Gasteiger partial charge in [0.1, 0.15) is 11.1 Å². The van der Waals surface area contributed by atoms with E-state index in [1.807, 2.05) is 40.1 Å². The van der Waals surface area contributed by atoms with Gasteiger partial charge in [-0.05, 0) is 76.6 Å². The van der Waals surface area contributed by atoms with Gasteiger partial charge in [0, 0.05) is 60.8 Å². The van der Waals surface area contributed by atoms with Gasteiger partial charge in [0.2, 0.25) is 0 Å². The highest BCUT2D eigenvalue weighted by molar-refractivity contribution is 7.97. The number of carbonyl (C=O) groups excluding carboxylic acids is 2. The Morgan fingerprint density at radius 1 is 1.19 bits per heavy atom. The molecule has 0 spiro atoms. The van der Waals surface area contributed by atoms with E-state index in [1.54, 1.807) is 37.1 Å². The second kappa shape index (κ2) is 14.4. The number of hydrogen-bond acceptors (Lipinski definition) is 8. The number of benzene rings is 1. The summed E-state index contributed by atoms with van der Waals surface area (Å²) in [6.45, 7) is 7.63. The van der Waals surface area contributed by atoms with Crippen LogP contribution in [0.2, 0.25) is 0 Å². The number of rotatable bonds is 11. The molecule has 3 aromatic rings. The Morgan fingerprint density at radius 3 is 2.48 bits per heavy atom. The van der Waals surface area contributed by atoms with E-state index in [-0.39, 0.29) is 17.2 Å². The van der Waals surface area contributed by atoms with Crippen LogP contribution < -0.4 is 21.5 Å². The molecule has 0 bridgehead atoms. The standard InChI is InChI=1S/C22H23N3O4S.C8H18N2O2/c1-25-9-18(17-6-14(10-26)24-20(17)21(25)27)16-5-13(11-30-2)15(22(28)29)7-19(16)23-8-12-3-4-12;1-8(2,3)12-7(11)10-6-5-9-4/h5-7,9-10,12,23-24H,3-4,8,11H2,1-2H3,(H,28,29);9H,5-6H2,1-4H3,(H,10,11). The van der Waals surface area contributed by atoms with E-state index in [1.165, 1.54) is 17.4 Å². The maximum atomic E-state index is 12.6. The van der Waals surface area contributed by atoms with E-state index in [2.05, 4.69) is 20.9 Å². The van der Waals surface area contributed by atoms with Crippen LogP contribution in [-0.2, 0) is 17.5 Å². The summed E-state index contributed by atoms with van der Waals surface area (Å²) in [5, 5.41) is 19.3. The van der Waals surface area contributed by atoms with Crippen molar-refractivity contribution in [1.29, 1.82) is 0 Å². The van der Waals surface area contributed by atoms with Crippen LogP contribution in [0.15, 0.2) is 29.2 Å². The van der Waals surface area contributed by atoms with Crippen LogP contribution in [0, 0.1) is 5.92 Å². The third kappa shape index (κ3) is 8.86. The number of likely N-dealkylation sites (N-methyl/N-ethyl adjacent to an activating group) is 1. The minimum absolute atomic E-state index is 0.221. The number of aromatic carboxylic acids is 1. The topological polar surface area (TPSA) is 155 Å². The van der Waals surface area contributed by atoms with Crippen molar-refractivity contribution in [2.45, 2.75) is 45.0 Å². The molecule has 1 amide bonds. The second-order valence-electron chi connectivity index (χ2n) is 11.2. The Bertz CT molecular complexity index is 1490. The molecule has 1 saturated carbocycles. The number of carboxylic acids is 1. The number of pyridine rings is 1. The predicted molar refractivity (Wildman–Crippen MR) is 168 cm³/mol. The van der Waals surface area contributed by atoms with Crippen molar-refractivity contribution >= 4 is 46.7 Å². The quantitative estimate of drug-likeness (QED) is 0.159. The average molecular weight is 600 g/mol. The molecule has 228 valence electrons. The fourth-order valence-electron chi connectivity index (χ4n) is 4.30. The van der Waals surface area contributed by atoms with Crippen LogP contribution in [0.5, 0.6) is 0 Å². The van der Waals surface area contributed by atoms with Crippen LogP contribution >= 0.6 is 11.8 Å². The van der Waals surface area contributed by atoms with Crippen LogP contribution in [0.1, 0.15) is 60.0 Å². The second-order valence-corrected chi connectivity index (χ2v) is 12.1. The minimum Gasteiger partial charge on any atom is -0.478 e. The summed E-state index contributed by atoms with van der Waals surface area (Å²) in [5.74, 6) is 0.195. The maximum absolute atomic E-state index is 12.6. The highest BCUT2D eigenvalue weighted by Gasteiger charge is 2.23. The zero-order valence-corrected chi connectivity index (χ0v) is 25.9. The lowest BCUT2D eigenvalue weighted by Gasteiger charge is -2.19. The van der Waals surface area contributed by atoms with Gasteiger partial charge in [-0.25, -0.2) is 9.59 Å². The first kappa shape index (κ1) is 32.7. The summed E-state index contributed by atoms with van der Waals surface area (Å²) in [6.07, 6.45) is 6.33. The van der Waals surface area contributed by atoms with Crippen LogP contribution in [-0.4, -0.2) is 71.5 Å². The molecule has 2 heterocycles. The maximum Gasteiger partial charge on any atom is 0.407 e. The number of nitrogens with zero attached hydrogens (tertiary/aromatic N) is 1. The number of thioether (sulfide) groups is 1. The van der Waals surface area contributed by atoms with E-state index < -0.39 is 11.6 Å². The van der Waals surface area contributed by atoms with E-state index >= 15 is 0 Å². The smallest absolute Gasteiger partial charge is 0.407 e. The van der Waals surface area contributed by atoms with Gasteiger partial charge in [-0.2, -0.15) is 11.8 Å². The number of aromatic amines is 1. The van der Waals surface area contributed by atoms with E-state index in [4.69, 9.17) is 4.74 Å². The Hall–Kier alpha value is -3.77. The fraction of sp³-hybridized carbons (Fsp3) is 0.467. The number of nitrogens with one attached hydrogen (secondary N) is 4. The number of H-pyrrole nitrogens is 1. The third-order valence-electron chi connectivity index (χ3n) is 6.50. The zero-order valence-electron chi connectivity index (χ0n) is 25.1. The normalized spacial score (nSPS) is 12.8. The van der Waals surface area contributed by atoms with Crippen molar-refractivity contribution in [3.63, 3.8) is 0 Å². The minimum atomic E-state index is -0.962. The molecule has 0 saturated heterocycles. The summed E-state index contributed by atoms with van der Waals surface area (Å²) < 4.78 is 6.49. The monoisotopic (exact) mass is 599 g/mol. The van der Waals surface area contributed by atoms with Crippen molar-refractivity contribution < 1.29 is 24.2 Å². The Kier molecular flexibility index (Phi) is 11.2. The number of aryl methyl sites for hydroxylation is 1. The van der Waals surface area contributed by atoms with Gasteiger partial charge in [-0.3, -0.25) is 9.59 Å². The van der Waals surface area contributed by atoms with E-state index in [0.29, 0.717) is 41.1 Å². The van der Waals surface area contributed by atoms with Gasteiger partial charge in [-0.1, -0.05) is 0 Å². The zero-order chi connectivity index (χ0) is 31.0. The van der Waals surface area contributed by atoms with Crippen LogP contribution in [0.4, 0.5) is 10.5 Å². The van der Waals surface area contributed by atoms with Crippen LogP contribution in [0.3, 0.4) is 0 Å². The number of amides is 1. The predicted octanol–water partition coefficient (Wildman–Crippen LogP) is 4.46. The molecule has 1 aromatic carbocycles. The molecule has 1 aliphatic rings. The van der Waals surface area contributed by atoms with Crippen molar-refractivity contribution in [2.75, 3.05) is 38.3 Å². The largest absolute Gasteiger partial charge is 0.478 e. The molecule has 0 aliphatic heterocycles. The molecule has 4 rings (SSSR count). The number of aromatic nitrogens is 2. The Morgan fingerprint density at radius 2 is 1.90 bits per heavy atom. The molecule has 0 atom stereocenters. The number of fused-ring (bicyclic) bond motifs is 1. The number of anilines is 1. The number of hydrogen-bond donors (Lipinski definition) is 5. The number of aldehydes is 1.